The van der Waals surface area contributed by atoms with Crippen molar-refractivity contribution in [2.75, 3.05) is 7.11 Å². The van der Waals surface area contributed by atoms with Crippen LogP contribution < -0.4 is 9.47 Å². The van der Waals surface area contributed by atoms with Crippen molar-refractivity contribution < 1.29 is 19.4 Å². The fraction of sp³-hybridized carbons (Fsp3) is 0.133. The number of phenols is 1. The highest BCUT2D eigenvalue weighted by atomic mass is 16.5. The standard InChI is InChI=1S/C15H12O4/c1-18-11-3-2-4-12-13(11)14(17)15(19-12)9-5-7-10(16)8-6-9/h2-8,15-16H,1H3. The molecule has 1 heterocycles. The highest BCUT2D eigenvalue weighted by Crippen LogP contribution is 2.41. The first kappa shape index (κ1) is 11.6. The number of ketones is 1. The molecule has 0 radical (unpaired) electrons. The van der Waals surface area contributed by atoms with Crippen LogP contribution in [0, 0.1) is 0 Å². The van der Waals surface area contributed by atoms with Crippen LogP contribution in [-0.2, 0) is 0 Å². The monoisotopic (exact) mass is 256 g/mol. The SMILES string of the molecule is COc1cccc2c1C(=O)C(c1ccc(O)cc1)O2. The lowest BCUT2D eigenvalue weighted by molar-refractivity contribution is 0.0856. The fourth-order valence-corrected chi connectivity index (χ4v) is 2.20. The Labute approximate surface area is 110 Å². The average Bonchev–Trinajstić information content (AvgIpc) is 2.77. The van der Waals surface area contributed by atoms with Crippen LogP contribution in [0.1, 0.15) is 22.0 Å². The van der Waals surface area contributed by atoms with Crippen LogP contribution in [0.15, 0.2) is 42.5 Å². The highest BCUT2D eigenvalue weighted by Gasteiger charge is 2.36. The molecule has 4 heteroatoms. The first-order valence-corrected chi connectivity index (χ1v) is 5.87. The molecule has 1 aliphatic rings. The zero-order valence-corrected chi connectivity index (χ0v) is 10.3. The van der Waals surface area contributed by atoms with Crippen LogP contribution in [0.4, 0.5) is 0 Å². The summed E-state index contributed by atoms with van der Waals surface area (Å²) in [6, 6.07) is 11.7. The number of hydrogen-bond acceptors (Lipinski definition) is 4. The predicted octanol–water partition coefficient (Wildman–Crippen LogP) is 2.72. The molecule has 1 aliphatic heterocycles. The second kappa shape index (κ2) is 4.31. The van der Waals surface area contributed by atoms with Gasteiger partial charge in [-0.1, -0.05) is 18.2 Å². The van der Waals surface area contributed by atoms with E-state index in [0.29, 0.717) is 22.6 Å². The molecule has 0 saturated heterocycles. The Bertz CT molecular complexity index is 631. The van der Waals surface area contributed by atoms with Crippen molar-refractivity contribution in [3.63, 3.8) is 0 Å². The van der Waals surface area contributed by atoms with Gasteiger partial charge in [-0.05, 0) is 24.3 Å². The number of aromatic hydroxyl groups is 1. The molecular formula is C15H12O4. The van der Waals surface area contributed by atoms with Gasteiger partial charge in [-0.25, -0.2) is 0 Å². The van der Waals surface area contributed by atoms with Gasteiger partial charge in [0.1, 0.15) is 22.8 Å². The van der Waals surface area contributed by atoms with Gasteiger partial charge in [0.15, 0.2) is 6.10 Å². The number of phenolic OH excluding ortho intramolecular Hbond substituents is 1. The minimum atomic E-state index is -0.674. The summed E-state index contributed by atoms with van der Waals surface area (Å²) < 4.78 is 10.9. The summed E-state index contributed by atoms with van der Waals surface area (Å²) in [6.07, 6.45) is -0.674. The summed E-state index contributed by atoms with van der Waals surface area (Å²) in [5.41, 5.74) is 1.18. The number of methoxy groups -OCH3 is 1. The molecule has 0 spiro atoms. The molecule has 0 fully saturated rings. The minimum absolute atomic E-state index is 0.127. The Balaban J connectivity index is 2.02. The summed E-state index contributed by atoms with van der Waals surface area (Å²) in [6.45, 7) is 0. The maximum absolute atomic E-state index is 12.4. The van der Waals surface area contributed by atoms with E-state index in [1.165, 1.54) is 19.2 Å². The molecule has 19 heavy (non-hydrogen) atoms. The maximum Gasteiger partial charge on any atom is 0.215 e. The van der Waals surface area contributed by atoms with E-state index in [4.69, 9.17) is 9.47 Å². The van der Waals surface area contributed by atoms with Gasteiger partial charge in [0.25, 0.3) is 0 Å². The first-order valence-electron chi connectivity index (χ1n) is 5.87. The molecule has 1 unspecified atom stereocenters. The van der Waals surface area contributed by atoms with Crippen molar-refractivity contribution in [3.05, 3.63) is 53.6 Å². The van der Waals surface area contributed by atoms with Crippen molar-refractivity contribution in [1.82, 2.24) is 0 Å². The van der Waals surface area contributed by atoms with Crippen LogP contribution in [0.2, 0.25) is 0 Å². The van der Waals surface area contributed by atoms with Gasteiger partial charge in [-0.3, -0.25) is 4.79 Å². The highest BCUT2D eigenvalue weighted by molar-refractivity contribution is 6.07. The summed E-state index contributed by atoms with van der Waals surface area (Å²) in [5.74, 6) is 1.08. The maximum atomic E-state index is 12.4. The van der Waals surface area contributed by atoms with E-state index in [9.17, 15) is 9.90 Å². The number of Topliss-reactive ketones (excluding diaryl/α,β-unsaturated/α-hetero) is 1. The van der Waals surface area contributed by atoms with E-state index in [1.807, 2.05) is 0 Å². The molecule has 0 aromatic heterocycles. The molecule has 1 atom stereocenters. The van der Waals surface area contributed by atoms with Gasteiger partial charge >= 0.3 is 0 Å². The Morgan fingerprint density at radius 3 is 2.58 bits per heavy atom. The third-order valence-electron chi connectivity index (χ3n) is 3.13. The number of hydrogen-bond donors (Lipinski definition) is 1. The first-order chi connectivity index (χ1) is 9.20. The van der Waals surface area contributed by atoms with Crippen LogP contribution >= 0.6 is 0 Å². The zero-order valence-electron chi connectivity index (χ0n) is 10.3. The third kappa shape index (κ3) is 1.81. The lowest BCUT2D eigenvalue weighted by Gasteiger charge is -2.09. The molecular weight excluding hydrogens is 244 g/mol. The molecule has 0 bridgehead atoms. The molecule has 3 rings (SSSR count). The van der Waals surface area contributed by atoms with Crippen LogP contribution in [-0.4, -0.2) is 18.0 Å². The second-order valence-electron chi connectivity index (χ2n) is 4.29. The second-order valence-corrected chi connectivity index (χ2v) is 4.29. The van der Waals surface area contributed by atoms with Gasteiger partial charge in [0.2, 0.25) is 5.78 Å². The molecule has 96 valence electrons. The normalized spacial score (nSPS) is 16.9. The van der Waals surface area contributed by atoms with Crippen LogP contribution in [0.25, 0.3) is 0 Å². The Hall–Kier alpha value is -2.49. The predicted molar refractivity (Wildman–Crippen MR) is 68.8 cm³/mol. The number of fused-ring (bicyclic) bond motifs is 1. The molecule has 4 nitrogen and oxygen atoms in total. The number of carbonyl (C=O) groups is 1. The summed E-state index contributed by atoms with van der Waals surface area (Å²) >= 11 is 0. The van der Waals surface area contributed by atoms with Crippen LogP contribution in [0.5, 0.6) is 17.2 Å². The summed E-state index contributed by atoms with van der Waals surface area (Å²) in [7, 11) is 1.52. The summed E-state index contributed by atoms with van der Waals surface area (Å²) in [5, 5.41) is 9.28. The topological polar surface area (TPSA) is 55.8 Å². The third-order valence-corrected chi connectivity index (χ3v) is 3.13. The van der Waals surface area contributed by atoms with Crippen LogP contribution in [0.3, 0.4) is 0 Å². The van der Waals surface area contributed by atoms with Gasteiger partial charge in [0.05, 0.1) is 7.11 Å². The average molecular weight is 256 g/mol. The fourth-order valence-electron chi connectivity index (χ4n) is 2.20. The number of carbonyl (C=O) groups excluding carboxylic acids is 1. The Kier molecular flexibility index (Phi) is 2.63. The molecule has 1 N–H and O–H groups in total. The number of benzene rings is 2. The van der Waals surface area contributed by atoms with Gasteiger partial charge in [-0.15, -0.1) is 0 Å². The molecule has 0 saturated carbocycles. The van der Waals surface area contributed by atoms with E-state index in [2.05, 4.69) is 0 Å². The molecule has 2 aromatic carbocycles. The number of rotatable bonds is 2. The molecule has 0 amide bonds. The quantitative estimate of drug-likeness (QED) is 0.897. The van der Waals surface area contributed by atoms with Crippen molar-refractivity contribution in [2.45, 2.75) is 6.10 Å². The Morgan fingerprint density at radius 1 is 1.16 bits per heavy atom. The van der Waals surface area contributed by atoms with Crippen molar-refractivity contribution in [3.8, 4) is 17.2 Å². The van der Waals surface area contributed by atoms with Crippen molar-refractivity contribution in [2.24, 2.45) is 0 Å². The molecule has 0 aliphatic carbocycles. The van der Waals surface area contributed by atoms with Gasteiger partial charge in [-0.2, -0.15) is 0 Å². The van der Waals surface area contributed by atoms with E-state index < -0.39 is 6.10 Å². The number of ether oxygens (including phenoxy) is 2. The van der Waals surface area contributed by atoms with E-state index in [1.54, 1.807) is 30.3 Å². The van der Waals surface area contributed by atoms with E-state index in [0.717, 1.165) is 0 Å². The largest absolute Gasteiger partial charge is 0.508 e. The van der Waals surface area contributed by atoms with E-state index in [-0.39, 0.29) is 11.5 Å². The Morgan fingerprint density at radius 2 is 1.89 bits per heavy atom. The zero-order chi connectivity index (χ0) is 13.4. The lowest BCUT2D eigenvalue weighted by atomic mass is 10.0. The van der Waals surface area contributed by atoms with Gasteiger partial charge in [0, 0.05) is 5.56 Å². The summed E-state index contributed by atoms with van der Waals surface area (Å²) in [4.78, 5) is 12.4. The van der Waals surface area contributed by atoms with Gasteiger partial charge < -0.3 is 14.6 Å². The molecule has 2 aromatic rings. The smallest absolute Gasteiger partial charge is 0.215 e. The van der Waals surface area contributed by atoms with E-state index >= 15 is 0 Å². The van der Waals surface area contributed by atoms with Crippen molar-refractivity contribution >= 4 is 5.78 Å². The van der Waals surface area contributed by atoms with Crippen molar-refractivity contribution in [1.29, 1.82) is 0 Å². The lowest BCUT2D eigenvalue weighted by Crippen LogP contribution is -2.11. The minimum Gasteiger partial charge on any atom is -0.508 e.